The van der Waals surface area contributed by atoms with Crippen molar-refractivity contribution in [3.63, 3.8) is 0 Å². The molecule has 0 aromatic rings. The van der Waals surface area contributed by atoms with Crippen LogP contribution in [0.5, 0.6) is 0 Å². The predicted octanol–water partition coefficient (Wildman–Crippen LogP) is 2.15. The number of Topliss-reactive ketones (excluding diaryl/α,β-unsaturated/α-hetero) is 1. The number of rotatable bonds is 0. The Hall–Kier alpha value is -0.450. The molecular weight excluding hydrogens is 304 g/mol. The van der Waals surface area contributed by atoms with Gasteiger partial charge in [-0.25, -0.2) is 0 Å². The van der Waals surface area contributed by atoms with E-state index < -0.39 is 23.7 Å². The maximum absolute atomic E-state index is 13.3. The SMILES string of the molecule is C[C@H]1C(=O)[C@@]23[C@H](O)C[C@@H]4C(C)(C)CCC[C@@]4(C)[C@@H]2[C@@H](O)C[C@@H]1[C@H]3O. The summed E-state index contributed by atoms with van der Waals surface area (Å²) in [5, 5.41) is 33.3. The fraction of sp³-hybridized carbons (Fsp3) is 0.950. The average molecular weight is 336 g/mol. The first kappa shape index (κ1) is 17.0. The highest BCUT2D eigenvalue weighted by Gasteiger charge is 2.76. The highest BCUT2D eigenvalue weighted by molar-refractivity contribution is 5.92. The van der Waals surface area contributed by atoms with E-state index in [4.69, 9.17) is 0 Å². The highest BCUT2D eigenvalue weighted by atomic mass is 16.3. The number of ketones is 1. The van der Waals surface area contributed by atoms with Crippen molar-refractivity contribution >= 4 is 5.78 Å². The van der Waals surface area contributed by atoms with Gasteiger partial charge in [0, 0.05) is 11.8 Å². The molecule has 4 fully saturated rings. The lowest BCUT2D eigenvalue weighted by atomic mass is 9.39. The molecule has 136 valence electrons. The average Bonchev–Trinajstić information content (AvgIpc) is 2.61. The van der Waals surface area contributed by atoms with E-state index in [1.165, 1.54) is 0 Å². The Labute approximate surface area is 144 Å². The van der Waals surface area contributed by atoms with Crippen LogP contribution < -0.4 is 0 Å². The molecule has 4 nitrogen and oxygen atoms in total. The van der Waals surface area contributed by atoms with E-state index in [9.17, 15) is 20.1 Å². The van der Waals surface area contributed by atoms with Gasteiger partial charge in [-0.1, -0.05) is 34.1 Å². The molecule has 3 N–H and O–H groups in total. The van der Waals surface area contributed by atoms with Crippen molar-refractivity contribution in [3.8, 4) is 0 Å². The summed E-state index contributed by atoms with van der Waals surface area (Å²) in [6.07, 6.45) is 1.95. The second-order valence-corrected chi connectivity index (χ2v) is 10.1. The van der Waals surface area contributed by atoms with E-state index >= 15 is 0 Å². The van der Waals surface area contributed by atoms with Crippen molar-refractivity contribution in [2.45, 2.75) is 78.1 Å². The smallest absolute Gasteiger partial charge is 0.147 e. The van der Waals surface area contributed by atoms with E-state index in [2.05, 4.69) is 20.8 Å². The molecule has 0 radical (unpaired) electrons. The van der Waals surface area contributed by atoms with Gasteiger partial charge in [-0.3, -0.25) is 4.79 Å². The molecule has 0 saturated heterocycles. The summed E-state index contributed by atoms with van der Waals surface area (Å²) >= 11 is 0. The summed E-state index contributed by atoms with van der Waals surface area (Å²) in [6.45, 7) is 8.59. The van der Waals surface area contributed by atoms with Crippen LogP contribution in [0.15, 0.2) is 0 Å². The third-order valence-corrected chi connectivity index (χ3v) is 8.79. The van der Waals surface area contributed by atoms with Crippen LogP contribution in [0.4, 0.5) is 0 Å². The van der Waals surface area contributed by atoms with E-state index in [0.717, 1.165) is 19.3 Å². The zero-order chi connectivity index (χ0) is 17.7. The fourth-order valence-corrected chi connectivity index (χ4v) is 7.86. The van der Waals surface area contributed by atoms with E-state index in [1.807, 2.05) is 6.92 Å². The van der Waals surface area contributed by atoms with E-state index in [1.54, 1.807) is 0 Å². The minimum atomic E-state index is -1.15. The van der Waals surface area contributed by atoms with Gasteiger partial charge in [0.1, 0.15) is 5.78 Å². The van der Waals surface area contributed by atoms with E-state index in [0.29, 0.717) is 12.8 Å². The first-order chi connectivity index (χ1) is 11.1. The molecule has 0 aromatic carbocycles. The first-order valence-electron chi connectivity index (χ1n) is 9.67. The van der Waals surface area contributed by atoms with Crippen LogP contribution in [-0.2, 0) is 4.79 Å². The molecule has 0 aliphatic heterocycles. The first-order valence-corrected chi connectivity index (χ1v) is 9.67. The van der Waals surface area contributed by atoms with Crippen LogP contribution in [0.3, 0.4) is 0 Å². The second kappa shape index (κ2) is 4.83. The van der Waals surface area contributed by atoms with Crippen LogP contribution in [-0.4, -0.2) is 39.4 Å². The van der Waals surface area contributed by atoms with Crippen molar-refractivity contribution in [1.82, 2.24) is 0 Å². The van der Waals surface area contributed by atoms with Crippen molar-refractivity contribution < 1.29 is 20.1 Å². The number of hydrogen-bond acceptors (Lipinski definition) is 4. The maximum Gasteiger partial charge on any atom is 0.147 e. The Bertz CT molecular complexity index is 572. The lowest BCUT2D eigenvalue weighted by Crippen LogP contribution is -2.70. The third kappa shape index (κ3) is 1.68. The van der Waals surface area contributed by atoms with Crippen molar-refractivity contribution in [1.29, 1.82) is 0 Å². The molecule has 24 heavy (non-hydrogen) atoms. The van der Waals surface area contributed by atoms with Crippen LogP contribution in [0.2, 0.25) is 0 Å². The normalized spacial score (nSPS) is 59.0. The number of carbonyl (C=O) groups is 1. The summed E-state index contributed by atoms with van der Waals surface area (Å²) < 4.78 is 0. The molecule has 4 aliphatic rings. The largest absolute Gasteiger partial charge is 0.393 e. The maximum atomic E-state index is 13.3. The number of aliphatic hydroxyl groups is 3. The lowest BCUT2D eigenvalue weighted by Gasteiger charge is -2.66. The Balaban J connectivity index is 1.90. The Morgan fingerprint density at radius 1 is 1.04 bits per heavy atom. The molecule has 4 heteroatoms. The van der Waals surface area contributed by atoms with Crippen LogP contribution in [0.1, 0.15) is 59.8 Å². The lowest BCUT2D eigenvalue weighted by molar-refractivity contribution is -0.251. The van der Waals surface area contributed by atoms with Gasteiger partial charge in [-0.05, 0) is 48.3 Å². The topological polar surface area (TPSA) is 77.8 Å². The van der Waals surface area contributed by atoms with Crippen LogP contribution in [0.25, 0.3) is 0 Å². The van der Waals surface area contributed by atoms with Gasteiger partial charge in [0.2, 0.25) is 0 Å². The van der Waals surface area contributed by atoms with Crippen LogP contribution in [0, 0.1) is 39.9 Å². The molecule has 0 amide bonds. The number of fused-ring (bicyclic) bond motifs is 3. The number of hydrogen-bond donors (Lipinski definition) is 3. The second-order valence-electron chi connectivity index (χ2n) is 10.1. The summed E-state index contributed by atoms with van der Waals surface area (Å²) in [6, 6.07) is 0. The molecule has 4 rings (SSSR count). The fourth-order valence-electron chi connectivity index (χ4n) is 7.86. The summed E-state index contributed by atoms with van der Waals surface area (Å²) in [5.41, 5.74) is -1.27. The molecule has 0 unspecified atom stereocenters. The summed E-state index contributed by atoms with van der Waals surface area (Å²) in [5.74, 6) is -0.549. The Morgan fingerprint density at radius 3 is 2.38 bits per heavy atom. The molecule has 4 saturated carbocycles. The standard InChI is InChI=1S/C20H32O4/c1-10-11-8-12(21)15-19(4)7-5-6-18(2,3)13(19)9-14(22)20(15,16(10)23)17(11)24/h10-15,17,21-22,24H,5-9H2,1-4H3/t10-,11+,12+,13-,14-,15+,17-,19-,20-/m1/s1. The third-order valence-electron chi connectivity index (χ3n) is 8.79. The van der Waals surface area contributed by atoms with Gasteiger partial charge < -0.3 is 15.3 Å². The van der Waals surface area contributed by atoms with Crippen molar-refractivity contribution in [3.05, 3.63) is 0 Å². The Kier molecular flexibility index (Phi) is 3.42. The Morgan fingerprint density at radius 2 is 1.71 bits per heavy atom. The quantitative estimate of drug-likeness (QED) is 0.633. The number of carbonyl (C=O) groups excluding carboxylic acids is 1. The van der Waals surface area contributed by atoms with Crippen molar-refractivity contribution in [2.75, 3.05) is 0 Å². The molecule has 1 spiro atoms. The van der Waals surface area contributed by atoms with E-state index in [-0.39, 0.29) is 40.3 Å². The van der Waals surface area contributed by atoms with Crippen LogP contribution >= 0.6 is 0 Å². The zero-order valence-electron chi connectivity index (χ0n) is 15.3. The summed E-state index contributed by atoms with van der Waals surface area (Å²) in [4.78, 5) is 13.3. The monoisotopic (exact) mass is 336 g/mol. The van der Waals surface area contributed by atoms with Gasteiger partial charge in [-0.2, -0.15) is 0 Å². The van der Waals surface area contributed by atoms with Gasteiger partial charge in [0.15, 0.2) is 0 Å². The van der Waals surface area contributed by atoms with Gasteiger partial charge >= 0.3 is 0 Å². The highest BCUT2D eigenvalue weighted by Crippen LogP contribution is 2.71. The predicted molar refractivity (Wildman–Crippen MR) is 90.1 cm³/mol. The molecule has 2 bridgehead atoms. The molecule has 0 aromatic heterocycles. The zero-order valence-corrected chi connectivity index (χ0v) is 15.3. The van der Waals surface area contributed by atoms with Gasteiger partial charge in [-0.15, -0.1) is 0 Å². The van der Waals surface area contributed by atoms with Crippen molar-refractivity contribution in [2.24, 2.45) is 39.9 Å². The minimum Gasteiger partial charge on any atom is -0.393 e. The van der Waals surface area contributed by atoms with Gasteiger partial charge in [0.05, 0.1) is 23.7 Å². The molecular formula is C20H32O4. The van der Waals surface area contributed by atoms with Gasteiger partial charge in [0.25, 0.3) is 0 Å². The molecule has 4 aliphatic carbocycles. The minimum absolute atomic E-state index is 0.00268. The summed E-state index contributed by atoms with van der Waals surface area (Å²) in [7, 11) is 0. The molecule has 9 atom stereocenters. The molecule has 0 heterocycles. The number of aliphatic hydroxyl groups excluding tert-OH is 3.